The molecule has 4 rings (SSSR count). The molecule has 4 aromatic rings. The zero-order valence-electron chi connectivity index (χ0n) is 20.6. The smallest absolute Gasteiger partial charge is 0.282 e. The number of hydrogen-bond donors (Lipinski definition) is 0. The molecule has 7 nitrogen and oxygen atoms in total. The van der Waals surface area contributed by atoms with E-state index in [0.29, 0.717) is 46.1 Å². The lowest BCUT2D eigenvalue weighted by molar-refractivity contribution is 0.265. The van der Waals surface area contributed by atoms with E-state index < -0.39 is 0 Å². The van der Waals surface area contributed by atoms with Crippen LogP contribution < -0.4 is 19.8 Å². The van der Waals surface area contributed by atoms with Crippen molar-refractivity contribution in [3.8, 4) is 17.2 Å². The molecule has 0 amide bonds. The van der Waals surface area contributed by atoms with Gasteiger partial charge in [-0.15, -0.1) is 0 Å². The van der Waals surface area contributed by atoms with Gasteiger partial charge in [0.1, 0.15) is 12.4 Å². The van der Waals surface area contributed by atoms with E-state index in [1.807, 2.05) is 44.2 Å². The van der Waals surface area contributed by atoms with E-state index in [1.54, 1.807) is 38.6 Å². The fraction of sp³-hybridized carbons (Fsp3) is 0.222. The summed E-state index contributed by atoms with van der Waals surface area (Å²) < 4.78 is 21.3. The molecule has 0 saturated carbocycles. The monoisotopic (exact) mass is 691 g/mol. The Balaban J connectivity index is 1.71. The first-order valence-corrected chi connectivity index (χ1v) is 13.7. The maximum absolute atomic E-state index is 13.3. The molecule has 0 fully saturated rings. The standard InChI is InChI=1S/C27H24Br3N3O4/c1-15(2)26-32-22-8-7-18(28)11-20(22)27(34)33(26)31-13-16-9-23(35-3)25(24(10-16)36-4)37-14-17-5-6-19(29)12-21(17)30/h5-13,15H,14H2,1-4H3. The molecule has 0 aliphatic rings. The third-order valence-corrected chi connectivity index (χ3v) is 7.27. The molecular weight excluding hydrogens is 670 g/mol. The van der Waals surface area contributed by atoms with E-state index in [4.69, 9.17) is 14.2 Å². The van der Waals surface area contributed by atoms with Crippen molar-refractivity contribution in [2.75, 3.05) is 14.2 Å². The molecule has 37 heavy (non-hydrogen) atoms. The van der Waals surface area contributed by atoms with Crippen molar-refractivity contribution < 1.29 is 14.2 Å². The summed E-state index contributed by atoms with van der Waals surface area (Å²) in [5.74, 6) is 1.97. The predicted octanol–water partition coefficient (Wildman–Crippen LogP) is 7.29. The normalized spacial score (nSPS) is 11.5. The van der Waals surface area contributed by atoms with Crippen LogP contribution in [0.4, 0.5) is 0 Å². The quantitative estimate of drug-likeness (QED) is 0.181. The number of nitrogens with zero attached hydrogens (tertiary/aromatic N) is 3. The number of rotatable bonds is 8. The highest BCUT2D eigenvalue weighted by Gasteiger charge is 2.16. The van der Waals surface area contributed by atoms with Crippen molar-refractivity contribution in [1.29, 1.82) is 0 Å². The largest absolute Gasteiger partial charge is 0.493 e. The Morgan fingerprint density at radius 3 is 2.24 bits per heavy atom. The van der Waals surface area contributed by atoms with E-state index in [1.165, 1.54) is 4.68 Å². The summed E-state index contributed by atoms with van der Waals surface area (Å²) >= 11 is 10.4. The van der Waals surface area contributed by atoms with Gasteiger partial charge in [-0.3, -0.25) is 4.79 Å². The first-order chi connectivity index (χ1) is 17.7. The summed E-state index contributed by atoms with van der Waals surface area (Å²) in [7, 11) is 3.12. The summed E-state index contributed by atoms with van der Waals surface area (Å²) in [6, 6.07) is 14.9. The second-order valence-electron chi connectivity index (χ2n) is 8.43. The van der Waals surface area contributed by atoms with Crippen molar-refractivity contribution in [2.45, 2.75) is 26.4 Å². The van der Waals surface area contributed by atoms with Crippen LogP contribution in [0.5, 0.6) is 17.2 Å². The summed E-state index contributed by atoms with van der Waals surface area (Å²) in [6.45, 7) is 4.25. The average Bonchev–Trinajstić information content (AvgIpc) is 2.87. The lowest BCUT2D eigenvalue weighted by Crippen LogP contribution is -2.23. The third-order valence-electron chi connectivity index (χ3n) is 5.54. The molecule has 0 N–H and O–H groups in total. The van der Waals surface area contributed by atoms with Crippen LogP contribution in [0.25, 0.3) is 10.9 Å². The zero-order valence-corrected chi connectivity index (χ0v) is 25.3. The van der Waals surface area contributed by atoms with Crippen LogP contribution in [0.15, 0.2) is 71.8 Å². The number of ether oxygens (including phenoxy) is 3. The van der Waals surface area contributed by atoms with Gasteiger partial charge in [0.25, 0.3) is 5.56 Å². The van der Waals surface area contributed by atoms with Crippen LogP contribution in [-0.4, -0.2) is 30.1 Å². The first-order valence-electron chi connectivity index (χ1n) is 11.3. The maximum Gasteiger partial charge on any atom is 0.282 e. The Bertz CT molecular complexity index is 1530. The highest BCUT2D eigenvalue weighted by atomic mass is 79.9. The van der Waals surface area contributed by atoms with Crippen molar-refractivity contribution in [3.63, 3.8) is 0 Å². The van der Waals surface area contributed by atoms with Crippen LogP contribution in [0.3, 0.4) is 0 Å². The lowest BCUT2D eigenvalue weighted by atomic mass is 10.2. The fourth-order valence-corrected chi connectivity index (χ4v) is 5.20. The molecule has 0 aliphatic carbocycles. The lowest BCUT2D eigenvalue weighted by Gasteiger charge is -2.16. The van der Waals surface area contributed by atoms with Crippen LogP contribution in [-0.2, 0) is 6.61 Å². The third kappa shape index (κ3) is 6.08. The number of fused-ring (bicyclic) bond motifs is 1. The van der Waals surface area contributed by atoms with Gasteiger partial charge in [0.2, 0.25) is 5.75 Å². The fourth-order valence-electron chi connectivity index (χ4n) is 3.68. The summed E-state index contributed by atoms with van der Waals surface area (Å²) in [5.41, 5.74) is 2.02. The van der Waals surface area contributed by atoms with Crippen LogP contribution in [0.2, 0.25) is 0 Å². The minimum atomic E-state index is -0.245. The molecule has 3 aromatic carbocycles. The van der Waals surface area contributed by atoms with Gasteiger partial charge in [0.05, 0.1) is 31.3 Å². The minimum Gasteiger partial charge on any atom is -0.493 e. The van der Waals surface area contributed by atoms with Crippen molar-refractivity contribution >= 4 is 64.9 Å². The van der Waals surface area contributed by atoms with Gasteiger partial charge in [-0.05, 0) is 42.5 Å². The van der Waals surface area contributed by atoms with Crippen molar-refractivity contribution in [2.24, 2.45) is 5.10 Å². The van der Waals surface area contributed by atoms with Crippen molar-refractivity contribution in [1.82, 2.24) is 9.66 Å². The topological polar surface area (TPSA) is 74.9 Å². The second-order valence-corrected chi connectivity index (χ2v) is 11.1. The predicted molar refractivity (Wildman–Crippen MR) is 157 cm³/mol. The van der Waals surface area contributed by atoms with Gasteiger partial charge in [-0.2, -0.15) is 9.78 Å². The molecule has 0 saturated heterocycles. The second kappa shape index (κ2) is 11.8. The molecule has 192 valence electrons. The Morgan fingerprint density at radius 1 is 0.973 bits per heavy atom. The van der Waals surface area contributed by atoms with Gasteiger partial charge in [-0.25, -0.2) is 4.98 Å². The number of methoxy groups -OCH3 is 2. The first kappa shape index (κ1) is 27.3. The Labute approximate surface area is 239 Å². The maximum atomic E-state index is 13.3. The average molecular weight is 694 g/mol. The highest BCUT2D eigenvalue weighted by molar-refractivity contribution is 9.11. The molecule has 1 aromatic heterocycles. The number of aromatic nitrogens is 2. The van der Waals surface area contributed by atoms with E-state index in [9.17, 15) is 4.79 Å². The summed E-state index contributed by atoms with van der Waals surface area (Å²) in [6.07, 6.45) is 1.58. The molecule has 1 heterocycles. The highest BCUT2D eigenvalue weighted by Crippen LogP contribution is 2.39. The Morgan fingerprint density at radius 2 is 1.62 bits per heavy atom. The molecular formula is C27H24Br3N3O4. The Hall–Kier alpha value is -2.69. The number of benzene rings is 3. The van der Waals surface area contributed by atoms with Crippen LogP contribution in [0, 0.1) is 0 Å². The summed E-state index contributed by atoms with van der Waals surface area (Å²) in [5, 5.41) is 4.99. The van der Waals surface area contributed by atoms with Gasteiger partial charge in [0, 0.05) is 30.5 Å². The number of hydrogen-bond acceptors (Lipinski definition) is 6. The molecule has 0 atom stereocenters. The van der Waals surface area contributed by atoms with Gasteiger partial charge in [-0.1, -0.05) is 67.7 Å². The van der Waals surface area contributed by atoms with E-state index in [0.717, 1.165) is 19.0 Å². The molecule has 10 heteroatoms. The molecule has 0 aliphatic heterocycles. The van der Waals surface area contributed by atoms with Gasteiger partial charge < -0.3 is 14.2 Å². The minimum absolute atomic E-state index is 0.0179. The van der Waals surface area contributed by atoms with Crippen LogP contribution >= 0.6 is 47.8 Å². The van der Waals surface area contributed by atoms with Gasteiger partial charge in [0.15, 0.2) is 11.5 Å². The molecule has 0 radical (unpaired) electrons. The molecule has 0 bridgehead atoms. The van der Waals surface area contributed by atoms with Crippen LogP contribution in [0.1, 0.15) is 36.7 Å². The SMILES string of the molecule is COc1cc(C=Nn2c(C(C)C)nc3ccc(Br)cc3c2=O)cc(OC)c1OCc1ccc(Br)cc1Br. The van der Waals surface area contributed by atoms with E-state index in [2.05, 4.69) is 57.9 Å². The van der Waals surface area contributed by atoms with E-state index in [-0.39, 0.29) is 11.5 Å². The van der Waals surface area contributed by atoms with Crippen molar-refractivity contribution in [3.05, 3.63) is 89.3 Å². The van der Waals surface area contributed by atoms with Gasteiger partial charge >= 0.3 is 0 Å². The molecule has 0 unspecified atom stereocenters. The Kier molecular flexibility index (Phi) is 8.71. The zero-order chi connectivity index (χ0) is 26.7. The number of halogens is 3. The van der Waals surface area contributed by atoms with E-state index >= 15 is 0 Å². The molecule has 0 spiro atoms. The summed E-state index contributed by atoms with van der Waals surface area (Å²) in [4.78, 5) is 18.0.